The zero-order valence-corrected chi connectivity index (χ0v) is 8.81. The van der Waals surface area contributed by atoms with Crippen molar-refractivity contribution in [3.8, 4) is 17.1 Å². The van der Waals surface area contributed by atoms with Crippen LogP contribution in [-0.4, -0.2) is 15.5 Å². The number of benzene rings is 1. The average Bonchev–Trinajstić information content (AvgIpc) is 2.96. The van der Waals surface area contributed by atoms with Crippen molar-refractivity contribution < 1.29 is 18.9 Å². The van der Waals surface area contributed by atoms with Crippen molar-refractivity contribution in [1.29, 1.82) is 0 Å². The third kappa shape index (κ3) is 1.54. The second-order valence-corrected chi connectivity index (χ2v) is 3.35. The average molecular weight is 248 g/mol. The maximum Gasteiger partial charge on any atom is 0.473 e. The van der Waals surface area contributed by atoms with E-state index in [9.17, 15) is 10.0 Å². The lowest BCUT2D eigenvalue weighted by atomic mass is 10.1. The Bertz CT molecular complexity index is 729. The quantitative estimate of drug-likeness (QED) is 0.456. The molecule has 3 aromatic rings. The van der Waals surface area contributed by atoms with Gasteiger partial charge in [-0.2, -0.15) is 0 Å². The Balaban J connectivity index is 2.21. The molecule has 0 amide bonds. The van der Waals surface area contributed by atoms with Gasteiger partial charge in [0.05, 0.1) is 5.16 Å². The summed E-state index contributed by atoms with van der Waals surface area (Å²) < 4.78 is 8.83. The van der Waals surface area contributed by atoms with Crippen molar-refractivity contribution >= 4 is 0 Å². The molecule has 0 bridgehead atoms. The maximum atomic E-state index is 11.5. The Hall–Kier alpha value is -2.97. The first kappa shape index (κ1) is 10.2. The first-order valence-electron chi connectivity index (χ1n) is 4.89. The molecule has 90 valence electrons. The summed E-state index contributed by atoms with van der Waals surface area (Å²) in [5, 5.41) is 20.7. The van der Waals surface area contributed by atoms with E-state index >= 15 is 0 Å². The van der Waals surface area contributed by atoms with Crippen LogP contribution in [0.15, 0.2) is 44.3 Å². The molecule has 18 heavy (non-hydrogen) atoms. The van der Waals surface area contributed by atoms with Gasteiger partial charge in [-0.25, -0.2) is 4.79 Å². The smallest absolute Gasteiger partial charge is 0.359 e. The van der Waals surface area contributed by atoms with Crippen LogP contribution >= 0.6 is 0 Å². The number of aromatic nitrogens is 5. The minimum Gasteiger partial charge on any atom is -0.359 e. The van der Waals surface area contributed by atoms with E-state index in [4.69, 9.17) is 0 Å². The standard InChI is InChI=1S/C9H5N5O4/c15-9-10-13(12-17-9)8-7(14(16)18-11-8)6-4-2-1-3-5-6/h1-5H/p+1. The van der Waals surface area contributed by atoms with Gasteiger partial charge in [0.25, 0.3) is 5.69 Å². The molecule has 0 unspecified atom stereocenters. The van der Waals surface area contributed by atoms with E-state index < -0.39 is 5.76 Å². The Morgan fingerprint density at radius 3 is 2.72 bits per heavy atom. The summed E-state index contributed by atoms with van der Waals surface area (Å²) >= 11 is 0. The van der Waals surface area contributed by atoms with Gasteiger partial charge in [-0.05, 0) is 4.90 Å². The highest BCUT2D eigenvalue weighted by Crippen LogP contribution is 2.17. The molecule has 0 atom stereocenters. The Morgan fingerprint density at radius 1 is 1.28 bits per heavy atom. The number of aromatic amines is 1. The van der Waals surface area contributed by atoms with Gasteiger partial charge in [0.2, 0.25) is 0 Å². The third-order valence-corrected chi connectivity index (χ3v) is 2.25. The van der Waals surface area contributed by atoms with Gasteiger partial charge in [0.15, 0.2) is 0 Å². The molecule has 0 aliphatic carbocycles. The van der Waals surface area contributed by atoms with E-state index in [0.717, 1.165) is 4.80 Å². The van der Waals surface area contributed by atoms with Crippen LogP contribution in [0.3, 0.4) is 0 Å². The largest absolute Gasteiger partial charge is 0.473 e. The lowest BCUT2D eigenvalue weighted by Crippen LogP contribution is -2.40. The number of hydrogen-bond donors (Lipinski definition) is 1. The summed E-state index contributed by atoms with van der Waals surface area (Å²) in [6.07, 6.45) is 0. The Morgan fingerprint density at radius 2 is 2.06 bits per heavy atom. The summed E-state index contributed by atoms with van der Waals surface area (Å²) in [6.45, 7) is 0. The van der Waals surface area contributed by atoms with Crippen LogP contribution in [0.5, 0.6) is 0 Å². The van der Waals surface area contributed by atoms with Crippen molar-refractivity contribution in [2.75, 3.05) is 0 Å². The molecule has 2 aromatic heterocycles. The lowest BCUT2D eigenvalue weighted by molar-refractivity contribution is -0.794. The van der Waals surface area contributed by atoms with E-state index in [0.29, 0.717) is 5.56 Å². The third-order valence-electron chi connectivity index (χ3n) is 2.25. The van der Waals surface area contributed by atoms with Gasteiger partial charge >= 0.3 is 11.6 Å². The molecule has 0 saturated heterocycles. The fourth-order valence-electron chi connectivity index (χ4n) is 1.51. The topological polar surface area (TPSA) is 116 Å². The van der Waals surface area contributed by atoms with E-state index in [1.807, 2.05) is 0 Å². The van der Waals surface area contributed by atoms with Crippen LogP contribution in [0, 0.1) is 5.21 Å². The van der Waals surface area contributed by atoms with Gasteiger partial charge < -0.3 is 5.21 Å². The lowest BCUT2D eigenvalue weighted by Gasteiger charge is -1.94. The minimum atomic E-state index is -0.769. The van der Waals surface area contributed by atoms with E-state index in [-0.39, 0.29) is 16.4 Å². The van der Waals surface area contributed by atoms with Gasteiger partial charge in [-0.3, -0.25) is 9.15 Å². The second-order valence-electron chi connectivity index (χ2n) is 3.35. The molecule has 0 aliphatic heterocycles. The summed E-state index contributed by atoms with van der Waals surface area (Å²) in [4.78, 5) is 12.0. The van der Waals surface area contributed by atoms with Crippen molar-refractivity contribution in [3.63, 3.8) is 0 Å². The highest BCUT2D eigenvalue weighted by Gasteiger charge is 2.29. The SMILES string of the molecule is O=c1[nH][n+](-c2no[n+]([O-])c2-c2ccccc2)no1. The number of nitrogens with zero attached hydrogens (tertiary/aromatic N) is 4. The summed E-state index contributed by atoms with van der Waals surface area (Å²) in [6, 6.07) is 8.70. The van der Waals surface area contributed by atoms with Crippen LogP contribution in [0.1, 0.15) is 0 Å². The molecule has 1 N–H and O–H groups in total. The predicted molar refractivity (Wildman–Crippen MR) is 53.1 cm³/mol. The first-order chi connectivity index (χ1) is 8.75. The van der Waals surface area contributed by atoms with Gasteiger partial charge in [-0.15, -0.1) is 5.10 Å². The second kappa shape index (κ2) is 3.80. The molecule has 2 heterocycles. The van der Waals surface area contributed by atoms with E-state index in [1.54, 1.807) is 30.3 Å². The molecular weight excluding hydrogens is 242 g/mol. The number of hydrogen-bond acceptors (Lipinski definition) is 6. The number of rotatable bonds is 2. The van der Waals surface area contributed by atoms with Crippen LogP contribution in [0.25, 0.3) is 17.1 Å². The molecule has 3 rings (SSSR count). The Labute approximate surface area is 98.4 Å². The highest BCUT2D eigenvalue weighted by molar-refractivity contribution is 5.60. The van der Waals surface area contributed by atoms with Gasteiger partial charge in [0, 0.05) is 10.4 Å². The first-order valence-corrected chi connectivity index (χ1v) is 4.89. The summed E-state index contributed by atoms with van der Waals surface area (Å²) in [5.74, 6) is -0.739. The van der Waals surface area contributed by atoms with E-state index in [1.165, 1.54) is 0 Å². The molecule has 9 heteroatoms. The molecule has 0 saturated carbocycles. The zero-order chi connectivity index (χ0) is 12.5. The van der Waals surface area contributed by atoms with Crippen LogP contribution in [0.4, 0.5) is 0 Å². The monoisotopic (exact) mass is 248 g/mol. The van der Waals surface area contributed by atoms with Crippen molar-refractivity contribution in [2.45, 2.75) is 0 Å². The molecular formula is C9H6N5O4+. The Kier molecular flexibility index (Phi) is 2.15. The van der Waals surface area contributed by atoms with Crippen LogP contribution in [-0.2, 0) is 0 Å². The molecule has 0 aliphatic rings. The normalized spacial score (nSPS) is 10.7. The number of H-pyrrole nitrogens is 1. The van der Waals surface area contributed by atoms with Crippen molar-refractivity contribution in [1.82, 2.24) is 15.5 Å². The fourth-order valence-corrected chi connectivity index (χ4v) is 1.51. The van der Waals surface area contributed by atoms with Crippen molar-refractivity contribution in [3.05, 3.63) is 46.1 Å². The minimum absolute atomic E-state index is 0.0297. The molecule has 0 spiro atoms. The van der Waals surface area contributed by atoms with Crippen molar-refractivity contribution in [2.24, 2.45) is 0 Å². The summed E-state index contributed by atoms with van der Waals surface area (Å²) in [5.41, 5.74) is 0.685. The van der Waals surface area contributed by atoms with Gasteiger partial charge in [0.1, 0.15) is 5.27 Å². The number of nitrogens with one attached hydrogen (secondary N) is 1. The molecule has 0 fully saturated rings. The maximum absolute atomic E-state index is 11.5. The highest BCUT2D eigenvalue weighted by atomic mass is 16.8. The van der Waals surface area contributed by atoms with Crippen LogP contribution < -0.4 is 15.5 Å². The molecule has 0 radical (unpaired) electrons. The van der Waals surface area contributed by atoms with Crippen LogP contribution in [0.2, 0.25) is 0 Å². The zero-order valence-electron chi connectivity index (χ0n) is 8.81. The molecule has 9 nitrogen and oxygen atoms in total. The fraction of sp³-hybridized carbons (Fsp3) is 0. The van der Waals surface area contributed by atoms with E-state index in [2.05, 4.69) is 24.7 Å². The predicted octanol–water partition coefficient (Wildman–Crippen LogP) is -1.07. The summed E-state index contributed by atoms with van der Waals surface area (Å²) in [7, 11) is 0. The van der Waals surface area contributed by atoms with Gasteiger partial charge in [-0.1, -0.05) is 30.3 Å². The molecule has 1 aromatic carbocycles.